The maximum atomic E-state index is 11.7. The van der Waals surface area contributed by atoms with Crippen LogP contribution in [0.15, 0.2) is 72.4 Å². The highest BCUT2D eigenvalue weighted by atomic mass is 16.4. The number of aliphatic hydroxyl groups excluding tert-OH is 2. The molecule has 0 rings (SSSR count). The van der Waals surface area contributed by atoms with Gasteiger partial charge in [0.15, 0.2) is 0 Å². The average molecular weight is 445 g/mol. The molecular formula is C28H44O4. The van der Waals surface area contributed by atoms with Crippen LogP contribution in [0.4, 0.5) is 0 Å². The van der Waals surface area contributed by atoms with E-state index >= 15 is 0 Å². The first-order chi connectivity index (χ1) is 15.6. The summed E-state index contributed by atoms with van der Waals surface area (Å²) in [7, 11) is 0. The van der Waals surface area contributed by atoms with Crippen LogP contribution < -0.4 is 0 Å². The van der Waals surface area contributed by atoms with Gasteiger partial charge in [-0.25, -0.2) is 0 Å². The number of hydrogen-bond acceptors (Lipinski definition) is 3. The van der Waals surface area contributed by atoms with Gasteiger partial charge in [0.2, 0.25) is 0 Å². The molecule has 0 aromatic carbocycles. The van der Waals surface area contributed by atoms with Crippen LogP contribution in [-0.2, 0) is 4.79 Å². The Balaban J connectivity index is 4.42. The minimum Gasteiger partial charge on any atom is -0.481 e. The highest BCUT2D eigenvalue weighted by Gasteiger charge is 2.29. The molecule has 2 atom stereocenters. The molecule has 0 heterocycles. The lowest BCUT2D eigenvalue weighted by molar-refractivity contribution is -0.144. The fraction of sp³-hybridized carbons (Fsp3) is 0.536. The first-order valence-corrected chi connectivity index (χ1v) is 12.0. The standard InChI is InChI=1S/C28H44O4/c1-3-5-7-8-9-10-11-12-13-14-15-16-17-18-19-20-22-25(21-6-4-2)27(28(31)32)26(30)23-24-29/h5,7,9-10,12-13,15-16,18-19,22,26-27,29-30H,3-4,6,8,11,14,17,20-21,23-24H2,1-2H3,(H,31,32)/t26-,27?/m1/s1. The third-order valence-corrected chi connectivity index (χ3v) is 4.97. The van der Waals surface area contributed by atoms with Gasteiger partial charge in [-0.15, -0.1) is 0 Å². The first kappa shape index (κ1) is 29.8. The molecule has 4 nitrogen and oxygen atoms in total. The second kappa shape index (κ2) is 22.0. The van der Waals surface area contributed by atoms with Gasteiger partial charge in [-0.1, -0.05) is 92.7 Å². The van der Waals surface area contributed by atoms with E-state index in [-0.39, 0.29) is 13.0 Å². The van der Waals surface area contributed by atoms with Crippen LogP contribution in [0.25, 0.3) is 0 Å². The summed E-state index contributed by atoms with van der Waals surface area (Å²) in [6.45, 7) is 3.97. The summed E-state index contributed by atoms with van der Waals surface area (Å²) >= 11 is 0. The smallest absolute Gasteiger partial charge is 0.313 e. The largest absolute Gasteiger partial charge is 0.481 e. The van der Waals surface area contributed by atoms with Crippen LogP contribution in [0.2, 0.25) is 0 Å². The molecule has 180 valence electrons. The molecule has 0 fully saturated rings. The van der Waals surface area contributed by atoms with E-state index in [0.717, 1.165) is 50.5 Å². The minimum atomic E-state index is -1.06. The quantitative estimate of drug-likeness (QED) is 0.194. The Labute approximate surface area is 195 Å². The molecule has 0 saturated carbocycles. The van der Waals surface area contributed by atoms with E-state index in [2.05, 4.69) is 68.5 Å². The molecule has 0 aliphatic rings. The predicted octanol–water partition coefficient (Wildman–Crippen LogP) is 6.69. The molecule has 0 saturated heterocycles. The Hall–Kier alpha value is -2.17. The van der Waals surface area contributed by atoms with Crippen LogP contribution in [-0.4, -0.2) is 34.0 Å². The van der Waals surface area contributed by atoms with Crippen molar-refractivity contribution in [1.82, 2.24) is 0 Å². The normalized spacial score (nSPS) is 15.2. The summed E-state index contributed by atoms with van der Waals surface area (Å²) in [4.78, 5) is 11.7. The molecule has 0 aromatic rings. The third kappa shape index (κ3) is 16.5. The van der Waals surface area contributed by atoms with Gasteiger partial charge < -0.3 is 15.3 Å². The first-order valence-electron chi connectivity index (χ1n) is 12.0. The molecule has 0 radical (unpaired) electrons. The van der Waals surface area contributed by atoms with Gasteiger partial charge in [-0.2, -0.15) is 0 Å². The van der Waals surface area contributed by atoms with Crippen LogP contribution >= 0.6 is 0 Å². The molecular weight excluding hydrogens is 400 g/mol. The molecule has 3 N–H and O–H groups in total. The molecule has 4 heteroatoms. The van der Waals surface area contributed by atoms with Gasteiger partial charge in [0.25, 0.3) is 0 Å². The monoisotopic (exact) mass is 444 g/mol. The molecule has 1 unspecified atom stereocenters. The van der Waals surface area contributed by atoms with Crippen molar-refractivity contribution < 1.29 is 20.1 Å². The maximum absolute atomic E-state index is 11.7. The van der Waals surface area contributed by atoms with Crippen LogP contribution in [0.1, 0.15) is 78.1 Å². The Bertz CT molecular complexity index is 638. The van der Waals surface area contributed by atoms with E-state index in [1.54, 1.807) is 0 Å². The summed E-state index contributed by atoms with van der Waals surface area (Å²) in [5.41, 5.74) is 0.751. The molecule has 0 spiro atoms. The van der Waals surface area contributed by atoms with E-state index in [4.69, 9.17) is 5.11 Å². The number of allylic oxidation sites excluding steroid dienone is 11. The number of carbonyl (C=O) groups is 1. The zero-order chi connectivity index (χ0) is 23.9. The summed E-state index contributed by atoms with van der Waals surface area (Å²) in [6, 6.07) is 0. The van der Waals surface area contributed by atoms with Crippen LogP contribution in [0.3, 0.4) is 0 Å². The molecule has 0 aliphatic carbocycles. The Kier molecular flexibility index (Phi) is 20.5. The van der Waals surface area contributed by atoms with Crippen molar-refractivity contribution in [3.8, 4) is 0 Å². The van der Waals surface area contributed by atoms with E-state index < -0.39 is 18.0 Å². The molecule has 0 bridgehead atoms. The molecule has 0 amide bonds. The van der Waals surface area contributed by atoms with E-state index in [1.165, 1.54) is 0 Å². The van der Waals surface area contributed by atoms with Crippen molar-refractivity contribution >= 4 is 5.97 Å². The zero-order valence-corrected chi connectivity index (χ0v) is 20.0. The second-order valence-electron chi connectivity index (χ2n) is 7.72. The topological polar surface area (TPSA) is 77.8 Å². The molecule has 0 aliphatic heterocycles. The fourth-order valence-electron chi connectivity index (χ4n) is 3.20. The van der Waals surface area contributed by atoms with Crippen molar-refractivity contribution in [2.75, 3.05) is 6.61 Å². The maximum Gasteiger partial charge on any atom is 0.313 e. The number of hydrogen-bond donors (Lipinski definition) is 3. The van der Waals surface area contributed by atoms with Crippen molar-refractivity contribution in [3.63, 3.8) is 0 Å². The number of unbranched alkanes of at least 4 members (excludes halogenated alkanes) is 1. The van der Waals surface area contributed by atoms with Crippen molar-refractivity contribution in [3.05, 3.63) is 72.4 Å². The van der Waals surface area contributed by atoms with E-state index in [9.17, 15) is 15.0 Å². The SMILES string of the molecule is CCC=CCC=CCC=CCC=CCC=CCC=C(CCCC)C(C(=O)O)[C@H](O)CCO. The minimum absolute atomic E-state index is 0.0715. The van der Waals surface area contributed by atoms with Crippen molar-refractivity contribution in [2.24, 2.45) is 5.92 Å². The fourth-order valence-corrected chi connectivity index (χ4v) is 3.20. The van der Waals surface area contributed by atoms with Gasteiger partial charge in [-0.05, 0) is 57.8 Å². The van der Waals surface area contributed by atoms with E-state index in [1.807, 2.05) is 12.2 Å². The molecule has 0 aromatic heterocycles. The van der Waals surface area contributed by atoms with Crippen molar-refractivity contribution in [2.45, 2.75) is 84.2 Å². The number of carboxylic acids is 1. The summed E-state index contributed by atoms with van der Waals surface area (Å²) in [6.07, 6.45) is 30.3. The second-order valence-corrected chi connectivity index (χ2v) is 7.72. The Morgan fingerprint density at radius 2 is 1.25 bits per heavy atom. The van der Waals surface area contributed by atoms with Crippen molar-refractivity contribution in [1.29, 1.82) is 0 Å². The lowest BCUT2D eigenvalue weighted by Crippen LogP contribution is -2.30. The van der Waals surface area contributed by atoms with Gasteiger partial charge >= 0.3 is 5.97 Å². The van der Waals surface area contributed by atoms with Gasteiger partial charge in [0, 0.05) is 6.61 Å². The predicted molar refractivity (Wildman–Crippen MR) is 136 cm³/mol. The number of rotatable bonds is 19. The van der Waals surface area contributed by atoms with E-state index in [0.29, 0.717) is 12.8 Å². The van der Waals surface area contributed by atoms with Gasteiger partial charge in [0.1, 0.15) is 5.92 Å². The van der Waals surface area contributed by atoms with Crippen LogP contribution in [0.5, 0.6) is 0 Å². The van der Waals surface area contributed by atoms with Gasteiger partial charge in [-0.3, -0.25) is 4.79 Å². The number of carboxylic acid groups (broad SMARTS) is 1. The molecule has 32 heavy (non-hydrogen) atoms. The number of aliphatic carboxylic acids is 1. The average Bonchev–Trinajstić information content (AvgIpc) is 2.76. The Morgan fingerprint density at radius 3 is 1.66 bits per heavy atom. The summed E-state index contributed by atoms with van der Waals surface area (Å²) < 4.78 is 0. The summed E-state index contributed by atoms with van der Waals surface area (Å²) in [5.74, 6) is -1.98. The lowest BCUT2D eigenvalue weighted by Gasteiger charge is -2.21. The lowest BCUT2D eigenvalue weighted by atomic mass is 9.87. The highest BCUT2D eigenvalue weighted by Crippen LogP contribution is 2.24. The zero-order valence-electron chi connectivity index (χ0n) is 20.0. The third-order valence-electron chi connectivity index (χ3n) is 4.97. The Morgan fingerprint density at radius 1 is 0.781 bits per heavy atom. The number of aliphatic hydroxyl groups is 2. The highest BCUT2D eigenvalue weighted by molar-refractivity contribution is 5.74. The summed E-state index contributed by atoms with van der Waals surface area (Å²) in [5, 5.41) is 28.8. The van der Waals surface area contributed by atoms with Gasteiger partial charge in [0.05, 0.1) is 6.10 Å². The van der Waals surface area contributed by atoms with Crippen LogP contribution in [0, 0.1) is 5.92 Å².